The minimum atomic E-state index is 0.542. The van der Waals surface area contributed by atoms with E-state index in [0.29, 0.717) is 13.2 Å². The first-order valence-corrected chi connectivity index (χ1v) is 3.31. The molecule has 1 fully saturated rings. The number of ether oxygens (including phenoxy) is 1. The van der Waals surface area contributed by atoms with Gasteiger partial charge in [0.2, 0.25) is 0 Å². The third kappa shape index (κ3) is 2.33. The van der Waals surface area contributed by atoms with Crippen LogP contribution in [-0.2, 0) is 9.57 Å². The summed E-state index contributed by atoms with van der Waals surface area (Å²) in [5, 5.41) is 6.90. The summed E-state index contributed by atoms with van der Waals surface area (Å²) in [4.78, 5) is 4.90. The molecule has 1 aliphatic heterocycles. The van der Waals surface area contributed by atoms with Crippen molar-refractivity contribution in [2.45, 2.75) is 0 Å². The molecule has 1 heterocycles. The van der Waals surface area contributed by atoms with E-state index in [1.807, 2.05) is 0 Å². The lowest BCUT2D eigenvalue weighted by atomic mass is 10.2. The Hall–Kier alpha value is -0.610. The highest BCUT2D eigenvalue weighted by molar-refractivity contribution is 5.92. The van der Waals surface area contributed by atoms with Crippen molar-refractivity contribution in [3.8, 4) is 0 Å². The molecule has 0 saturated carbocycles. The highest BCUT2D eigenvalue weighted by atomic mass is 16.6. The standard InChI is InChI=1S/C6H12N2O2/c1-9-2-3-10-8-6-4-7-5-6/h7H,2-5H2,1H3. The molecule has 58 valence electrons. The third-order valence-corrected chi connectivity index (χ3v) is 1.23. The quantitative estimate of drug-likeness (QED) is 0.431. The van der Waals surface area contributed by atoms with Crippen LogP contribution in [0, 0.1) is 0 Å². The fourth-order valence-corrected chi connectivity index (χ4v) is 0.559. The van der Waals surface area contributed by atoms with E-state index in [0.717, 1.165) is 18.8 Å². The molecular weight excluding hydrogens is 132 g/mol. The highest BCUT2D eigenvalue weighted by Gasteiger charge is 2.08. The first kappa shape index (κ1) is 7.50. The van der Waals surface area contributed by atoms with Crippen LogP contribution >= 0.6 is 0 Å². The molecule has 0 atom stereocenters. The fraction of sp³-hybridized carbons (Fsp3) is 0.833. The molecule has 1 aliphatic rings. The van der Waals surface area contributed by atoms with Crippen LogP contribution in [-0.4, -0.2) is 39.1 Å². The van der Waals surface area contributed by atoms with E-state index >= 15 is 0 Å². The average Bonchev–Trinajstić information content (AvgIpc) is 1.84. The van der Waals surface area contributed by atoms with Crippen LogP contribution in [0.15, 0.2) is 5.16 Å². The van der Waals surface area contributed by atoms with Crippen molar-refractivity contribution in [1.82, 2.24) is 5.32 Å². The Bertz CT molecular complexity index is 119. The Morgan fingerprint density at radius 3 is 2.80 bits per heavy atom. The van der Waals surface area contributed by atoms with Crippen molar-refractivity contribution < 1.29 is 9.57 Å². The van der Waals surface area contributed by atoms with Crippen LogP contribution in [0.25, 0.3) is 0 Å². The van der Waals surface area contributed by atoms with Crippen LogP contribution in [0.5, 0.6) is 0 Å². The first-order valence-electron chi connectivity index (χ1n) is 3.31. The molecule has 0 amide bonds. The lowest BCUT2D eigenvalue weighted by Crippen LogP contribution is -2.42. The van der Waals surface area contributed by atoms with Gasteiger partial charge in [-0.25, -0.2) is 0 Å². The summed E-state index contributed by atoms with van der Waals surface area (Å²) < 4.78 is 4.77. The highest BCUT2D eigenvalue weighted by Crippen LogP contribution is 1.87. The van der Waals surface area contributed by atoms with Crippen molar-refractivity contribution in [2.24, 2.45) is 5.16 Å². The minimum absolute atomic E-state index is 0.542. The smallest absolute Gasteiger partial charge is 0.140 e. The number of hydrogen-bond donors (Lipinski definition) is 1. The zero-order valence-electron chi connectivity index (χ0n) is 6.09. The van der Waals surface area contributed by atoms with E-state index in [2.05, 4.69) is 10.5 Å². The minimum Gasteiger partial charge on any atom is -0.393 e. The predicted molar refractivity (Wildman–Crippen MR) is 38.1 cm³/mol. The number of hydrogen-bond acceptors (Lipinski definition) is 4. The summed E-state index contributed by atoms with van der Waals surface area (Å²) in [7, 11) is 1.64. The van der Waals surface area contributed by atoms with Gasteiger partial charge in [0.15, 0.2) is 0 Å². The molecule has 0 aromatic carbocycles. The second-order valence-corrected chi connectivity index (χ2v) is 2.09. The van der Waals surface area contributed by atoms with Crippen molar-refractivity contribution in [2.75, 3.05) is 33.4 Å². The van der Waals surface area contributed by atoms with Gasteiger partial charge in [-0.05, 0) is 0 Å². The van der Waals surface area contributed by atoms with Gasteiger partial charge in [0, 0.05) is 20.2 Å². The molecule has 0 unspecified atom stereocenters. The van der Waals surface area contributed by atoms with Gasteiger partial charge >= 0.3 is 0 Å². The van der Waals surface area contributed by atoms with Gasteiger partial charge < -0.3 is 14.9 Å². The summed E-state index contributed by atoms with van der Waals surface area (Å²) in [6.07, 6.45) is 0. The van der Waals surface area contributed by atoms with Gasteiger partial charge in [-0.1, -0.05) is 5.16 Å². The van der Waals surface area contributed by atoms with Crippen molar-refractivity contribution in [3.05, 3.63) is 0 Å². The number of oxime groups is 1. The summed E-state index contributed by atoms with van der Waals surface area (Å²) in [6, 6.07) is 0. The fourth-order valence-electron chi connectivity index (χ4n) is 0.559. The maximum Gasteiger partial charge on any atom is 0.140 e. The molecule has 0 aliphatic carbocycles. The predicted octanol–water partition coefficient (Wildman–Crippen LogP) is -0.391. The van der Waals surface area contributed by atoms with E-state index < -0.39 is 0 Å². The van der Waals surface area contributed by atoms with Crippen LogP contribution in [0.4, 0.5) is 0 Å². The van der Waals surface area contributed by atoms with Crippen molar-refractivity contribution >= 4 is 5.71 Å². The van der Waals surface area contributed by atoms with Gasteiger partial charge in [0.25, 0.3) is 0 Å². The SMILES string of the molecule is COCCON=C1CNC1. The van der Waals surface area contributed by atoms with E-state index in [-0.39, 0.29) is 0 Å². The van der Waals surface area contributed by atoms with Gasteiger partial charge in [0.1, 0.15) is 6.61 Å². The Morgan fingerprint density at radius 2 is 2.30 bits per heavy atom. The maximum absolute atomic E-state index is 4.90. The zero-order valence-corrected chi connectivity index (χ0v) is 6.09. The molecule has 0 aromatic heterocycles. The largest absolute Gasteiger partial charge is 0.393 e. The molecule has 1 rings (SSSR count). The maximum atomic E-state index is 4.90. The Morgan fingerprint density at radius 1 is 1.50 bits per heavy atom. The summed E-state index contributed by atoms with van der Waals surface area (Å²) in [6.45, 7) is 2.88. The molecule has 0 aromatic rings. The summed E-state index contributed by atoms with van der Waals surface area (Å²) >= 11 is 0. The monoisotopic (exact) mass is 144 g/mol. The first-order chi connectivity index (χ1) is 4.93. The van der Waals surface area contributed by atoms with E-state index in [4.69, 9.17) is 9.57 Å². The number of rotatable bonds is 4. The van der Waals surface area contributed by atoms with Crippen molar-refractivity contribution in [3.63, 3.8) is 0 Å². The Kier molecular flexibility index (Phi) is 3.18. The molecule has 0 radical (unpaired) electrons. The van der Waals surface area contributed by atoms with E-state index in [1.165, 1.54) is 0 Å². The third-order valence-electron chi connectivity index (χ3n) is 1.23. The molecular formula is C6H12N2O2. The summed E-state index contributed by atoms with van der Waals surface area (Å²) in [5.74, 6) is 0. The molecule has 4 nitrogen and oxygen atoms in total. The molecule has 0 spiro atoms. The van der Waals surface area contributed by atoms with Gasteiger partial charge in [-0.2, -0.15) is 0 Å². The number of nitrogens with one attached hydrogen (secondary N) is 1. The van der Waals surface area contributed by atoms with E-state index in [9.17, 15) is 0 Å². The Balaban J connectivity index is 1.93. The normalized spacial score (nSPS) is 16.3. The van der Waals surface area contributed by atoms with Crippen LogP contribution in [0.2, 0.25) is 0 Å². The van der Waals surface area contributed by atoms with Crippen molar-refractivity contribution in [1.29, 1.82) is 0 Å². The van der Waals surface area contributed by atoms with Crippen LogP contribution < -0.4 is 5.32 Å². The number of nitrogens with zero attached hydrogens (tertiary/aromatic N) is 1. The van der Waals surface area contributed by atoms with Gasteiger partial charge in [-0.15, -0.1) is 0 Å². The Labute approximate surface area is 60.2 Å². The second kappa shape index (κ2) is 4.24. The molecule has 1 N–H and O–H groups in total. The van der Waals surface area contributed by atoms with Gasteiger partial charge in [0.05, 0.1) is 12.3 Å². The lowest BCUT2D eigenvalue weighted by molar-refractivity contribution is 0.0741. The van der Waals surface area contributed by atoms with Gasteiger partial charge in [-0.3, -0.25) is 0 Å². The average molecular weight is 144 g/mol. The number of methoxy groups -OCH3 is 1. The van der Waals surface area contributed by atoms with Crippen LogP contribution in [0.3, 0.4) is 0 Å². The molecule has 4 heteroatoms. The molecule has 10 heavy (non-hydrogen) atoms. The van der Waals surface area contributed by atoms with E-state index in [1.54, 1.807) is 7.11 Å². The molecule has 1 saturated heterocycles. The van der Waals surface area contributed by atoms with Crippen LogP contribution in [0.1, 0.15) is 0 Å². The molecule has 0 bridgehead atoms. The lowest BCUT2D eigenvalue weighted by Gasteiger charge is -2.15. The topological polar surface area (TPSA) is 42.9 Å². The summed E-state index contributed by atoms with van der Waals surface area (Å²) in [5.41, 5.74) is 1.08. The second-order valence-electron chi connectivity index (χ2n) is 2.09. The zero-order chi connectivity index (χ0) is 7.23.